The highest BCUT2D eigenvalue weighted by atomic mass is 32.2. The van der Waals surface area contributed by atoms with Crippen molar-refractivity contribution in [2.24, 2.45) is 0 Å². The van der Waals surface area contributed by atoms with E-state index in [-0.39, 0.29) is 30.2 Å². The first-order chi connectivity index (χ1) is 11.9. The van der Waals surface area contributed by atoms with E-state index in [1.165, 1.54) is 11.4 Å². The number of methoxy groups -OCH3 is 1. The second kappa shape index (κ2) is 6.71. The topological polar surface area (TPSA) is 63.7 Å². The van der Waals surface area contributed by atoms with Crippen LogP contribution < -0.4 is 0 Å². The second-order valence-electron chi connectivity index (χ2n) is 6.22. The molecule has 2 aromatic carbocycles. The number of piperidine rings is 1. The Balaban J connectivity index is 1.88. The fraction of sp³-hybridized carbons (Fsp3) is 0.316. The molecule has 1 fully saturated rings. The molecule has 0 saturated carbocycles. The van der Waals surface area contributed by atoms with Crippen molar-refractivity contribution in [2.45, 2.75) is 23.8 Å². The molecule has 1 aliphatic rings. The summed E-state index contributed by atoms with van der Waals surface area (Å²) in [5, 5.41) is 0. The van der Waals surface area contributed by atoms with Gasteiger partial charge in [0.15, 0.2) is 11.4 Å². The summed E-state index contributed by atoms with van der Waals surface area (Å²) in [6.45, 7) is 1.93. The zero-order valence-electron chi connectivity index (χ0n) is 14.3. The normalized spacial score (nSPS) is 22.1. The summed E-state index contributed by atoms with van der Waals surface area (Å²) in [5.74, 6) is -0.247. The Kier molecular flexibility index (Phi) is 4.77. The lowest BCUT2D eigenvalue weighted by molar-refractivity contribution is -0.147. The third-order valence-corrected chi connectivity index (χ3v) is 6.59. The maximum atomic E-state index is 12.9. The van der Waals surface area contributed by atoms with E-state index in [9.17, 15) is 13.2 Å². The molecule has 1 unspecified atom stereocenters. The molecule has 1 aliphatic heterocycles. The van der Waals surface area contributed by atoms with Crippen LogP contribution >= 0.6 is 0 Å². The minimum absolute atomic E-state index is 0.195. The van der Waals surface area contributed by atoms with Crippen LogP contribution in [0.25, 0.3) is 0 Å². The van der Waals surface area contributed by atoms with Crippen LogP contribution in [0.2, 0.25) is 0 Å². The van der Waals surface area contributed by atoms with E-state index >= 15 is 0 Å². The van der Waals surface area contributed by atoms with Gasteiger partial charge in [0.05, 0.1) is 11.4 Å². The summed E-state index contributed by atoms with van der Waals surface area (Å²) in [7, 11) is -2.20. The summed E-state index contributed by atoms with van der Waals surface area (Å²) in [5.41, 5.74) is 0.659. The molecular formula is C19H21NO4S. The average Bonchev–Trinajstić information content (AvgIpc) is 2.63. The number of aryl methyl sites for hydroxylation is 1. The molecule has 132 valence electrons. The number of benzene rings is 2. The van der Waals surface area contributed by atoms with Crippen LogP contribution in [-0.4, -0.2) is 38.7 Å². The summed E-state index contributed by atoms with van der Waals surface area (Å²) < 4.78 is 32.5. The van der Waals surface area contributed by atoms with Gasteiger partial charge in [-0.2, -0.15) is 4.31 Å². The second-order valence-corrected chi connectivity index (χ2v) is 8.16. The van der Waals surface area contributed by atoms with Crippen molar-refractivity contribution in [1.82, 2.24) is 4.31 Å². The van der Waals surface area contributed by atoms with Crippen molar-refractivity contribution in [3.8, 4) is 0 Å². The smallest absolute Gasteiger partial charge is 0.243 e. The monoisotopic (exact) mass is 359 g/mol. The third-order valence-electron chi connectivity index (χ3n) is 4.73. The number of hydrogen-bond acceptors (Lipinski definition) is 4. The predicted octanol–water partition coefficient (Wildman–Crippen LogP) is 2.50. The molecule has 25 heavy (non-hydrogen) atoms. The van der Waals surface area contributed by atoms with E-state index in [1.54, 1.807) is 24.3 Å². The van der Waals surface area contributed by atoms with Gasteiger partial charge in [-0.25, -0.2) is 8.42 Å². The molecule has 6 heteroatoms. The number of ether oxygens (including phenoxy) is 1. The van der Waals surface area contributed by atoms with Crippen molar-refractivity contribution in [3.05, 3.63) is 65.7 Å². The van der Waals surface area contributed by atoms with E-state index in [0.717, 1.165) is 11.1 Å². The van der Waals surface area contributed by atoms with Crippen molar-refractivity contribution in [2.75, 3.05) is 20.2 Å². The molecule has 0 radical (unpaired) electrons. The summed E-state index contributed by atoms with van der Waals surface area (Å²) >= 11 is 0. The molecular weight excluding hydrogens is 338 g/mol. The molecule has 3 rings (SSSR count). The Morgan fingerprint density at radius 2 is 1.68 bits per heavy atom. The van der Waals surface area contributed by atoms with Crippen molar-refractivity contribution in [1.29, 1.82) is 0 Å². The van der Waals surface area contributed by atoms with Gasteiger partial charge in [0.25, 0.3) is 0 Å². The zero-order chi connectivity index (χ0) is 18.1. The van der Waals surface area contributed by atoms with Gasteiger partial charge >= 0.3 is 0 Å². The largest absolute Gasteiger partial charge is 0.366 e. The van der Waals surface area contributed by atoms with Crippen LogP contribution in [0.15, 0.2) is 59.5 Å². The number of rotatable bonds is 4. The zero-order valence-corrected chi connectivity index (χ0v) is 15.1. The first-order valence-electron chi connectivity index (χ1n) is 8.11. The standard InChI is InChI=1S/C19H21NO4S/c1-15-8-10-17(11-9-15)25(22,23)20-13-12-19(24-2,18(21)14-20)16-6-4-3-5-7-16/h3-11H,12-14H2,1-2H3. The maximum Gasteiger partial charge on any atom is 0.243 e. The summed E-state index contributed by atoms with van der Waals surface area (Å²) in [4.78, 5) is 13.1. The van der Waals surface area contributed by atoms with Crippen molar-refractivity contribution in [3.63, 3.8) is 0 Å². The van der Waals surface area contributed by atoms with Gasteiger partial charge in [-0.05, 0) is 24.6 Å². The number of nitrogens with zero attached hydrogens (tertiary/aromatic N) is 1. The van der Waals surface area contributed by atoms with Gasteiger partial charge < -0.3 is 4.74 Å². The number of Topliss-reactive ketones (excluding diaryl/α,β-unsaturated/α-hetero) is 1. The SMILES string of the molecule is COC1(c2ccccc2)CCN(S(=O)(=O)c2ccc(C)cc2)CC1=O. The number of carbonyl (C=O) groups excluding carboxylic acids is 1. The third kappa shape index (κ3) is 3.13. The van der Waals surface area contributed by atoms with Gasteiger partial charge in [-0.15, -0.1) is 0 Å². The van der Waals surface area contributed by atoms with E-state index in [0.29, 0.717) is 0 Å². The van der Waals surface area contributed by atoms with E-state index in [4.69, 9.17) is 4.74 Å². The average molecular weight is 359 g/mol. The molecule has 0 aromatic heterocycles. The minimum atomic E-state index is -3.70. The number of ketones is 1. The lowest BCUT2D eigenvalue weighted by Crippen LogP contribution is -2.53. The summed E-state index contributed by atoms with van der Waals surface area (Å²) in [6.07, 6.45) is 0.289. The molecule has 0 aliphatic carbocycles. The van der Waals surface area contributed by atoms with Crippen molar-refractivity contribution < 1.29 is 17.9 Å². The number of hydrogen-bond donors (Lipinski definition) is 0. The van der Waals surface area contributed by atoms with E-state index in [2.05, 4.69) is 0 Å². The van der Waals surface area contributed by atoms with Crippen LogP contribution in [0.5, 0.6) is 0 Å². The Hall–Kier alpha value is -2.02. The van der Waals surface area contributed by atoms with Crippen LogP contribution in [0.1, 0.15) is 17.5 Å². The minimum Gasteiger partial charge on any atom is -0.366 e. The van der Waals surface area contributed by atoms with Crippen LogP contribution in [-0.2, 0) is 25.2 Å². The van der Waals surface area contributed by atoms with Crippen LogP contribution in [0, 0.1) is 6.92 Å². The van der Waals surface area contributed by atoms with Gasteiger partial charge in [0.1, 0.15) is 0 Å². The number of carbonyl (C=O) groups is 1. The highest BCUT2D eigenvalue weighted by Crippen LogP contribution is 2.35. The Labute approximate surface area is 148 Å². The van der Waals surface area contributed by atoms with Gasteiger partial charge in [-0.1, -0.05) is 48.0 Å². The van der Waals surface area contributed by atoms with Crippen LogP contribution in [0.4, 0.5) is 0 Å². The lowest BCUT2D eigenvalue weighted by atomic mass is 9.84. The first-order valence-corrected chi connectivity index (χ1v) is 9.55. The highest BCUT2D eigenvalue weighted by Gasteiger charge is 2.46. The Morgan fingerprint density at radius 3 is 2.24 bits per heavy atom. The van der Waals surface area contributed by atoms with Crippen LogP contribution in [0.3, 0.4) is 0 Å². The fourth-order valence-electron chi connectivity index (χ4n) is 3.20. The first kappa shape index (κ1) is 17.8. The molecule has 0 N–H and O–H groups in total. The van der Waals surface area contributed by atoms with E-state index in [1.807, 2.05) is 37.3 Å². The molecule has 2 aromatic rings. The van der Waals surface area contributed by atoms with Gasteiger partial charge in [0, 0.05) is 20.1 Å². The molecule has 1 atom stereocenters. The van der Waals surface area contributed by atoms with Gasteiger partial charge in [-0.3, -0.25) is 4.79 Å². The van der Waals surface area contributed by atoms with E-state index < -0.39 is 15.6 Å². The molecule has 0 bridgehead atoms. The number of sulfonamides is 1. The fourth-order valence-corrected chi connectivity index (χ4v) is 4.60. The highest BCUT2D eigenvalue weighted by molar-refractivity contribution is 7.89. The predicted molar refractivity (Wildman–Crippen MR) is 94.7 cm³/mol. The Morgan fingerprint density at radius 1 is 1.04 bits per heavy atom. The molecule has 0 amide bonds. The molecule has 0 spiro atoms. The summed E-state index contributed by atoms with van der Waals surface area (Å²) in [6, 6.07) is 15.9. The molecule has 1 saturated heterocycles. The van der Waals surface area contributed by atoms with Crippen molar-refractivity contribution >= 4 is 15.8 Å². The van der Waals surface area contributed by atoms with Gasteiger partial charge in [0.2, 0.25) is 10.0 Å². The lowest BCUT2D eigenvalue weighted by Gasteiger charge is -2.39. The quantitative estimate of drug-likeness (QED) is 0.841. The molecule has 1 heterocycles. The maximum absolute atomic E-state index is 12.9. The Bertz CT molecular complexity index is 862. The molecule has 5 nitrogen and oxygen atoms in total.